The van der Waals surface area contributed by atoms with Crippen LogP contribution < -0.4 is 0 Å². The van der Waals surface area contributed by atoms with Gasteiger partial charge in [0, 0.05) is 6.54 Å². The second kappa shape index (κ2) is 4.06. The van der Waals surface area contributed by atoms with E-state index >= 15 is 0 Å². The number of imidazole rings is 1. The number of thiophene rings is 1. The molecule has 0 saturated heterocycles. The number of hydrogen-bond acceptors (Lipinski definition) is 2. The minimum absolute atomic E-state index is 0.652. The topological polar surface area (TPSA) is 17.8 Å². The van der Waals surface area contributed by atoms with Gasteiger partial charge in [-0.1, -0.05) is 23.2 Å². The van der Waals surface area contributed by atoms with Gasteiger partial charge in [0.15, 0.2) is 11.0 Å². The summed E-state index contributed by atoms with van der Waals surface area (Å²) in [6, 6.07) is 3.91. The summed E-state index contributed by atoms with van der Waals surface area (Å²) < 4.78 is 3.02. The van der Waals surface area contributed by atoms with Crippen molar-refractivity contribution in [3.05, 3.63) is 27.3 Å². The lowest BCUT2D eigenvalue weighted by Gasteiger charge is -2.15. The van der Waals surface area contributed by atoms with E-state index in [1.807, 2.05) is 12.1 Å². The maximum Gasteiger partial charge on any atom is 0.152 e. The zero-order chi connectivity index (χ0) is 11.1. The Bertz CT molecular complexity index is 530. The van der Waals surface area contributed by atoms with Crippen LogP contribution in [0.15, 0.2) is 12.1 Å². The van der Waals surface area contributed by atoms with E-state index in [9.17, 15) is 0 Å². The van der Waals surface area contributed by atoms with E-state index < -0.39 is 0 Å². The molecule has 0 atom stereocenters. The van der Waals surface area contributed by atoms with Gasteiger partial charge in [-0.05, 0) is 31.4 Å². The maximum atomic E-state index is 6.16. The smallest absolute Gasteiger partial charge is 0.152 e. The first kappa shape index (κ1) is 10.6. The molecule has 2 aromatic rings. The molecule has 16 heavy (non-hydrogen) atoms. The van der Waals surface area contributed by atoms with E-state index in [2.05, 4.69) is 9.55 Å². The molecule has 0 bridgehead atoms. The third-order valence-electron chi connectivity index (χ3n) is 2.86. The highest BCUT2D eigenvalue weighted by atomic mass is 35.5. The molecule has 0 saturated carbocycles. The Labute approximate surface area is 108 Å². The summed E-state index contributed by atoms with van der Waals surface area (Å²) in [5.74, 6) is 0.969. The molecule has 3 heterocycles. The zero-order valence-electron chi connectivity index (χ0n) is 8.54. The molecule has 84 valence electrons. The molecule has 0 amide bonds. The second-order valence-electron chi connectivity index (χ2n) is 3.89. The van der Waals surface area contributed by atoms with E-state index in [-0.39, 0.29) is 0 Å². The highest BCUT2D eigenvalue weighted by Crippen LogP contribution is 2.34. The maximum absolute atomic E-state index is 6.16. The van der Waals surface area contributed by atoms with Gasteiger partial charge in [0.25, 0.3) is 0 Å². The van der Waals surface area contributed by atoms with Crippen LogP contribution in [0.3, 0.4) is 0 Å². The van der Waals surface area contributed by atoms with Crippen molar-refractivity contribution >= 4 is 34.5 Å². The summed E-state index contributed by atoms with van der Waals surface area (Å²) in [6.07, 6.45) is 3.44. The molecule has 0 aromatic carbocycles. The van der Waals surface area contributed by atoms with Crippen LogP contribution in [0, 0.1) is 0 Å². The molecule has 1 aliphatic heterocycles. The number of rotatable bonds is 1. The molecule has 1 aliphatic rings. The fourth-order valence-corrected chi connectivity index (χ4v) is 3.44. The van der Waals surface area contributed by atoms with E-state index in [1.54, 1.807) is 11.3 Å². The van der Waals surface area contributed by atoms with E-state index in [4.69, 9.17) is 23.2 Å². The van der Waals surface area contributed by atoms with E-state index in [0.29, 0.717) is 5.15 Å². The van der Waals surface area contributed by atoms with Crippen LogP contribution in [0.5, 0.6) is 0 Å². The largest absolute Gasteiger partial charge is 0.326 e. The Balaban J connectivity index is 2.14. The molecule has 5 heteroatoms. The molecule has 0 N–H and O–H groups in total. The normalized spacial score (nSPS) is 15.1. The van der Waals surface area contributed by atoms with E-state index in [0.717, 1.165) is 28.0 Å². The molecule has 2 nitrogen and oxygen atoms in total. The van der Waals surface area contributed by atoms with Crippen molar-refractivity contribution in [2.75, 3.05) is 0 Å². The molecule has 0 fully saturated rings. The van der Waals surface area contributed by atoms with Gasteiger partial charge in [-0.3, -0.25) is 0 Å². The van der Waals surface area contributed by atoms with Crippen LogP contribution in [-0.2, 0) is 13.0 Å². The SMILES string of the molecule is Clc1ccc(-c2nc(Cl)c3n2CCCC3)s1. The molecule has 0 radical (unpaired) electrons. The lowest BCUT2D eigenvalue weighted by atomic mass is 10.1. The monoisotopic (exact) mass is 272 g/mol. The van der Waals surface area contributed by atoms with Crippen molar-refractivity contribution in [2.45, 2.75) is 25.8 Å². The number of fused-ring (bicyclic) bond motifs is 1. The van der Waals surface area contributed by atoms with Crippen LogP contribution >= 0.6 is 34.5 Å². The average Bonchev–Trinajstić information content (AvgIpc) is 2.84. The Kier molecular flexibility index (Phi) is 2.70. The lowest BCUT2D eigenvalue weighted by Crippen LogP contribution is -2.10. The van der Waals surface area contributed by atoms with E-state index in [1.165, 1.54) is 18.5 Å². The van der Waals surface area contributed by atoms with Gasteiger partial charge in [0.2, 0.25) is 0 Å². The van der Waals surface area contributed by atoms with Crippen molar-refractivity contribution in [3.63, 3.8) is 0 Å². The quantitative estimate of drug-likeness (QED) is 0.759. The molecule has 2 aromatic heterocycles. The number of halogens is 2. The number of aromatic nitrogens is 2. The Hall–Kier alpha value is -0.510. The summed E-state index contributed by atoms with van der Waals surface area (Å²) in [5.41, 5.74) is 1.17. The second-order valence-corrected chi connectivity index (χ2v) is 5.96. The highest BCUT2D eigenvalue weighted by Gasteiger charge is 2.20. The summed E-state index contributed by atoms with van der Waals surface area (Å²) >= 11 is 13.7. The van der Waals surface area contributed by atoms with Crippen LogP contribution in [0.4, 0.5) is 0 Å². The predicted octanol–water partition coefficient (Wildman–Crippen LogP) is 4.25. The summed E-state index contributed by atoms with van der Waals surface area (Å²) in [6.45, 7) is 1.01. The van der Waals surface area contributed by atoms with Crippen LogP contribution in [0.25, 0.3) is 10.7 Å². The van der Waals surface area contributed by atoms with Gasteiger partial charge in [-0.2, -0.15) is 0 Å². The van der Waals surface area contributed by atoms with Crippen molar-refractivity contribution in [2.24, 2.45) is 0 Å². The third kappa shape index (κ3) is 1.67. The Morgan fingerprint density at radius 3 is 2.88 bits per heavy atom. The molecule has 3 rings (SSSR count). The van der Waals surface area contributed by atoms with Crippen LogP contribution in [-0.4, -0.2) is 9.55 Å². The summed E-state index contributed by atoms with van der Waals surface area (Å²) in [4.78, 5) is 5.55. The Morgan fingerprint density at radius 1 is 1.25 bits per heavy atom. The van der Waals surface area contributed by atoms with Gasteiger partial charge >= 0.3 is 0 Å². The standard InChI is InChI=1S/C11H10Cl2N2S/c12-9-5-4-8(16-9)11-14-10(13)7-3-1-2-6-15(7)11/h4-5H,1-3,6H2. The van der Waals surface area contributed by atoms with Gasteiger partial charge in [-0.25, -0.2) is 4.98 Å². The van der Waals surface area contributed by atoms with Gasteiger partial charge < -0.3 is 4.57 Å². The highest BCUT2D eigenvalue weighted by molar-refractivity contribution is 7.19. The first-order valence-corrected chi connectivity index (χ1v) is 6.83. The van der Waals surface area contributed by atoms with Gasteiger partial charge in [0.05, 0.1) is 14.9 Å². The molecule has 0 unspecified atom stereocenters. The zero-order valence-corrected chi connectivity index (χ0v) is 10.9. The predicted molar refractivity (Wildman–Crippen MR) is 68.5 cm³/mol. The van der Waals surface area contributed by atoms with Gasteiger partial charge in [-0.15, -0.1) is 11.3 Å². The molecule has 0 aliphatic carbocycles. The van der Waals surface area contributed by atoms with Crippen molar-refractivity contribution in [3.8, 4) is 10.7 Å². The van der Waals surface area contributed by atoms with Crippen molar-refractivity contribution in [1.29, 1.82) is 0 Å². The number of nitrogens with zero attached hydrogens (tertiary/aromatic N) is 2. The van der Waals surface area contributed by atoms with Crippen LogP contribution in [0.1, 0.15) is 18.5 Å². The third-order valence-corrected chi connectivity index (χ3v) is 4.39. The van der Waals surface area contributed by atoms with Crippen LogP contribution in [0.2, 0.25) is 9.49 Å². The molecular formula is C11H10Cl2N2S. The fraction of sp³-hybridized carbons (Fsp3) is 0.364. The minimum atomic E-state index is 0.652. The lowest BCUT2D eigenvalue weighted by molar-refractivity contribution is 0.537. The minimum Gasteiger partial charge on any atom is -0.326 e. The Morgan fingerprint density at radius 2 is 2.12 bits per heavy atom. The average molecular weight is 273 g/mol. The molecular weight excluding hydrogens is 263 g/mol. The molecule has 0 spiro atoms. The summed E-state index contributed by atoms with van der Waals surface area (Å²) in [7, 11) is 0. The first-order chi connectivity index (χ1) is 7.75. The van der Waals surface area contributed by atoms with Gasteiger partial charge in [0.1, 0.15) is 0 Å². The fourth-order valence-electron chi connectivity index (χ4n) is 2.12. The van der Waals surface area contributed by atoms with Crippen molar-refractivity contribution in [1.82, 2.24) is 9.55 Å². The summed E-state index contributed by atoms with van der Waals surface area (Å²) in [5, 5.41) is 0.652. The first-order valence-electron chi connectivity index (χ1n) is 5.26. The van der Waals surface area contributed by atoms with Crippen molar-refractivity contribution < 1.29 is 0 Å². The number of hydrogen-bond donors (Lipinski definition) is 0.